The summed E-state index contributed by atoms with van der Waals surface area (Å²) in [7, 11) is 0. The highest BCUT2D eigenvalue weighted by Gasteiger charge is 2.15. The summed E-state index contributed by atoms with van der Waals surface area (Å²) < 4.78 is 5.92. The van der Waals surface area contributed by atoms with Gasteiger partial charge >= 0.3 is 0 Å². The van der Waals surface area contributed by atoms with Crippen LogP contribution in [0.4, 0.5) is 5.69 Å². The predicted octanol–water partition coefficient (Wildman–Crippen LogP) is 4.00. The highest BCUT2D eigenvalue weighted by atomic mass is 16.3. The second-order valence-electron chi connectivity index (χ2n) is 4.98. The summed E-state index contributed by atoms with van der Waals surface area (Å²) in [6.45, 7) is 2.29. The van der Waals surface area contributed by atoms with E-state index in [9.17, 15) is 0 Å². The van der Waals surface area contributed by atoms with Gasteiger partial charge in [0, 0.05) is 29.1 Å². The van der Waals surface area contributed by atoms with Crippen LogP contribution in [0.3, 0.4) is 0 Å². The third-order valence-electron chi connectivity index (χ3n) is 3.52. The van der Waals surface area contributed by atoms with Crippen molar-refractivity contribution >= 4 is 22.7 Å². The lowest BCUT2D eigenvalue weighted by molar-refractivity contribution is 0.478. The Morgan fingerprint density at radius 3 is 3.12 bits per heavy atom. The van der Waals surface area contributed by atoms with Crippen LogP contribution in [-0.2, 0) is 6.42 Å². The molecule has 2 heteroatoms. The molecule has 2 nitrogen and oxygen atoms in total. The van der Waals surface area contributed by atoms with Gasteiger partial charge in [0.15, 0.2) is 0 Å². The fourth-order valence-electron chi connectivity index (χ4n) is 2.47. The van der Waals surface area contributed by atoms with Crippen molar-refractivity contribution in [2.75, 3.05) is 5.73 Å². The van der Waals surface area contributed by atoms with E-state index < -0.39 is 0 Å². The Morgan fingerprint density at radius 2 is 2.24 bits per heavy atom. The highest BCUT2D eigenvalue weighted by Crippen LogP contribution is 2.32. The van der Waals surface area contributed by atoms with Gasteiger partial charge in [0.2, 0.25) is 0 Å². The van der Waals surface area contributed by atoms with Gasteiger partial charge in [-0.25, -0.2) is 0 Å². The average Bonchev–Trinajstić information content (AvgIpc) is 2.61. The van der Waals surface area contributed by atoms with E-state index in [1.54, 1.807) is 0 Å². The quantitative estimate of drug-likeness (QED) is 0.691. The van der Waals surface area contributed by atoms with Gasteiger partial charge in [0.05, 0.1) is 0 Å². The van der Waals surface area contributed by atoms with Gasteiger partial charge in [-0.05, 0) is 30.9 Å². The number of nitrogen functional groups attached to an aromatic ring is 1. The first-order chi connectivity index (χ1) is 8.24. The van der Waals surface area contributed by atoms with Gasteiger partial charge in [0.25, 0.3) is 0 Å². The molecule has 1 aromatic heterocycles. The van der Waals surface area contributed by atoms with Crippen molar-refractivity contribution in [2.45, 2.75) is 26.2 Å². The molecule has 2 aromatic rings. The topological polar surface area (TPSA) is 39.2 Å². The van der Waals surface area contributed by atoms with Crippen molar-refractivity contribution in [2.24, 2.45) is 5.92 Å². The summed E-state index contributed by atoms with van der Waals surface area (Å²) in [5.41, 5.74) is 8.70. The minimum absolute atomic E-state index is 0.734. The van der Waals surface area contributed by atoms with Crippen LogP contribution in [0.2, 0.25) is 0 Å². The van der Waals surface area contributed by atoms with Gasteiger partial charge in [-0.1, -0.05) is 19.1 Å². The second-order valence-corrected chi connectivity index (χ2v) is 4.98. The normalized spacial score (nSPS) is 21.8. The second kappa shape index (κ2) is 3.95. The van der Waals surface area contributed by atoms with E-state index in [-0.39, 0.29) is 0 Å². The number of benzene rings is 1. The number of allylic oxidation sites excluding steroid dienone is 1. The monoisotopic (exact) mass is 227 g/mol. The molecule has 17 heavy (non-hydrogen) atoms. The van der Waals surface area contributed by atoms with E-state index in [2.05, 4.69) is 25.1 Å². The summed E-state index contributed by atoms with van der Waals surface area (Å²) in [5.74, 6) is 1.84. The van der Waals surface area contributed by atoms with Crippen LogP contribution >= 0.6 is 0 Å². The molecule has 2 N–H and O–H groups in total. The van der Waals surface area contributed by atoms with E-state index in [1.807, 2.05) is 12.1 Å². The number of hydrogen-bond donors (Lipinski definition) is 1. The van der Waals surface area contributed by atoms with Crippen molar-refractivity contribution < 1.29 is 4.42 Å². The first-order valence-corrected chi connectivity index (χ1v) is 6.21. The third kappa shape index (κ3) is 1.84. The van der Waals surface area contributed by atoms with Gasteiger partial charge in [-0.3, -0.25) is 0 Å². The Hall–Kier alpha value is -1.70. The lowest BCUT2D eigenvalue weighted by Gasteiger charge is -2.10. The molecular weight excluding hydrogens is 210 g/mol. The molecular formula is C15H17NO. The Labute approximate surface area is 101 Å². The van der Waals surface area contributed by atoms with Gasteiger partial charge in [-0.2, -0.15) is 0 Å². The number of nitrogens with two attached hydrogens (primary N) is 1. The molecule has 0 aliphatic heterocycles. The first kappa shape index (κ1) is 10.5. The van der Waals surface area contributed by atoms with Gasteiger partial charge in [-0.15, -0.1) is 0 Å². The number of anilines is 1. The van der Waals surface area contributed by atoms with E-state index in [0.29, 0.717) is 0 Å². The zero-order valence-corrected chi connectivity index (χ0v) is 10.1. The van der Waals surface area contributed by atoms with E-state index in [4.69, 9.17) is 10.2 Å². The molecule has 1 atom stereocenters. The van der Waals surface area contributed by atoms with Crippen LogP contribution in [-0.4, -0.2) is 0 Å². The van der Waals surface area contributed by atoms with Crippen LogP contribution < -0.4 is 5.73 Å². The van der Waals surface area contributed by atoms with E-state index in [0.717, 1.165) is 35.8 Å². The summed E-state index contributed by atoms with van der Waals surface area (Å²) in [5, 5.41) is 1.18. The molecule has 0 saturated carbocycles. The average molecular weight is 227 g/mol. The molecule has 1 aliphatic carbocycles. The van der Waals surface area contributed by atoms with Crippen LogP contribution in [0, 0.1) is 5.92 Å². The zero-order chi connectivity index (χ0) is 11.8. The van der Waals surface area contributed by atoms with Crippen LogP contribution in [0.5, 0.6) is 0 Å². The fourth-order valence-corrected chi connectivity index (χ4v) is 2.47. The van der Waals surface area contributed by atoms with E-state index >= 15 is 0 Å². The number of furan rings is 1. The minimum Gasteiger partial charge on any atom is -0.460 e. The molecule has 88 valence electrons. The van der Waals surface area contributed by atoms with Crippen molar-refractivity contribution in [1.29, 1.82) is 0 Å². The molecule has 1 aliphatic rings. The Morgan fingerprint density at radius 1 is 1.35 bits per heavy atom. The maximum absolute atomic E-state index is 5.92. The summed E-state index contributed by atoms with van der Waals surface area (Å²) >= 11 is 0. The number of hydrogen-bond acceptors (Lipinski definition) is 2. The van der Waals surface area contributed by atoms with Crippen molar-refractivity contribution in [3.63, 3.8) is 0 Å². The Balaban J connectivity index is 2.17. The SMILES string of the molecule is CC1C/C=C\c2c(oc3cc(N)ccc23)CC1. The predicted molar refractivity (Wildman–Crippen MR) is 71.8 cm³/mol. The minimum atomic E-state index is 0.734. The number of rotatable bonds is 0. The molecule has 0 saturated heterocycles. The first-order valence-electron chi connectivity index (χ1n) is 6.21. The number of fused-ring (bicyclic) bond motifs is 3. The molecule has 1 aromatic carbocycles. The smallest absolute Gasteiger partial charge is 0.136 e. The molecule has 0 fully saturated rings. The third-order valence-corrected chi connectivity index (χ3v) is 3.52. The van der Waals surface area contributed by atoms with Gasteiger partial charge in [0.1, 0.15) is 11.3 Å². The van der Waals surface area contributed by atoms with Gasteiger partial charge < -0.3 is 10.2 Å². The standard InChI is InChI=1S/C15H17NO/c1-10-3-2-4-12-13-7-6-11(16)9-15(13)17-14(12)8-5-10/h2,4,6-7,9-10H,3,5,8,16H2,1H3/b4-2-. The maximum atomic E-state index is 5.92. The van der Waals surface area contributed by atoms with Crippen LogP contribution in [0.1, 0.15) is 31.1 Å². The van der Waals surface area contributed by atoms with Crippen molar-refractivity contribution in [3.05, 3.63) is 35.6 Å². The molecule has 3 rings (SSSR count). The van der Waals surface area contributed by atoms with Crippen LogP contribution in [0.15, 0.2) is 28.7 Å². The molecule has 0 amide bonds. The summed E-state index contributed by atoms with van der Waals surface area (Å²) in [6, 6.07) is 5.91. The van der Waals surface area contributed by atoms with E-state index in [1.165, 1.54) is 17.4 Å². The lowest BCUT2D eigenvalue weighted by atomic mass is 9.95. The molecule has 1 heterocycles. The molecule has 0 spiro atoms. The molecule has 1 unspecified atom stereocenters. The maximum Gasteiger partial charge on any atom is 0.136 e. The Kier molecular flexibility index (Phi) is 2.43. The lowest BCUT2D eigenvalue weighted by Crippen LogP contribution is -1.98. The number of aryl methyl sites for hydroxylation is 1. The molecule has 0 radical (unpaired) electrons. The Bertz CT molecular complexity index is 580. The van der Waals surface area contributed by atoms with Crippen molar-refractivity contribution in [1.82, 2.24) is 0 Å². The molecule has 0 bridgehead atoms. The largest absolute Gasteiger partial charge is 0.460 e. The van der Waals surface area contributed by atoms with Crippen LogP contribution in [0.25, 0.3) is 17.0 Å². The highest BCUT2D eigenvalue weighted by molar-refractivity contribution is 5.90. The summed E-state index contributed by atoms with van der Waals surface area (Å²) in [6.07, 6.45) is 7.82. The fraction of sp³-hybridized carbons (Fsp3) is 0.333. The zero-order valence-electron chi connectivity index (χ0n) is 10.1. The van der Waals surface area contributed by atoms with Crippen molar-refractivity contribution in [3.8, 4) is 0 Å². The summed E-state index contributed by atoms with van der Waals surface area (Å²) in [4.78, 5) is 0.